The third kappa shape index (κ3) is 3.00. The lowest BCUT2D eigenvalue weighted by atomic mass is 9.85. The molecule has 0 bridgehead atoms. The zero-order valence-corrected chi connectivity index (χ0v) is 12.7. The summed E-state index contributed by atoms with van der Waals surface area (Å²) in [5.74, 6) is 1.34. The van der Waals surface area contributed by atoms with Crippen molar-refractivity contribution in [2.75, 3.05) is 12.4 Å². The number of hydrogen-bond acceptors (Lipinski definition) is 4. The van der Waals surface area contributed by atoms with Crippen molar-refractivity contribution in [1.82, 2.24) is 4.98 Å². The standard InChI is InChI=1S/C15H18N4OS/c1-20-11-4-2-3-9(7-11)10-5-6-12-13(8-10)21-15(18-12)19-14(16)17/h2-4,7,10H,5-6,8H2,1H3,(H4,16,17,18,19)/t10-/m0/s1. The maximum absolute atomic E-state index is 7.28. The first-order valence-corrected chi connectivity index (χ1v) is 7.71. The average Bonchev–Trinajstić information content (AvgIpc) is 2.87. The number of anilines is 1. The van der Waals surface area contributed by atoms with E-state index in [-0.39, 0.29) is 5.96 Å². The Kier molecular flexibility index (Phi) is 3.79. The van der Waals surface area contributed by atoms with Crippen molar-refractivity contribution in [3.63, 3.8) is 0 Å². The van der Waals surface area contributed by atoms with E-state index >= 15 is 0 Å². The van der Waals surface area contributed by atoms with Crippen LogP contribution in [0.5, 0.6) is 5.75 Å². The van der Waals surface area contributed by atoms with E-state index in [4.69, 9.17) is 15.9 Å². The summed E-state index contributed by atoms with van der Waals surface area (Å²) in [6.45, 7) is 0. The summed E-state index contributed by atoms with van der Waals surface area (Å²) in [6.07, 6.45) is 3.04. The van der Waals surface area contributed by atoms with Crippen molar-refractivity contribution in [1.29, 1.82) is 5.41 Å². The zero-order chi connectivity index (χ0) is 14.8. The first-order valence-electron chi connectivity index (χ1n) is 6.89. The van der Waals surface area contributed by atoms with Crippen molar-refractivity contribution >= 4 is 22.4 Å². The number of rotatable bonds is 3. The molecule has 0 radical (unpaired) electrons. The van der Waals surface area contributed by atoms with Gasteiger partial charge in [-0.2, -0.15) is 0 Å². The molecule has 1 aliphatic rings. The van der Waals surface area contributed by atoms with Gasteiger partial charge < -0.3 is 15.8 Å². The van der Waals surface area contributed by atoms with E-state index < -0.39 is 0 Å². The van der Waals surface area contributed by atoms with Crippen molar-refractivity contribution in [2.45, 2.75) is 25.2 Å². The maximum atomic E-state index is 7.28. The SMILES string of the molecule is COc1cccc([C@H]2CCc3nc(NC(=N)N)sc3C2)c1. The number of ether oxygens (including phenoxy) is 1. The topological polar surface area (TPSA) is 84.0 Å². The minimum atomic E-state index is -0.0644. The molecule has 1 aromatic carbocycles. The largest absolute Gasteiger partial charge is 0.497 e. The molecule has 0 unspecified atom stereocenters. The number of fused-ring (bicyclic) bond motifs is 1. The Bertz CT molecular complexity index is 667. The zero-order valence-electron chi connectivity index (χ0n) is 11.8. The molecule has 2 aromatic rings. The molecule has 3 rings (SSSR count). The Morgan fingerprint density at radius 2 is 2.38 bits per heavy atom. The molecule has 0 aliphatic heterocycles. The van der Waals surface area contributed by atoms with Gasteiger partial charge >= 0.3 is 0 Å². The van der Waals surface area contributed by atoms with Crippen LogP contribution in [0.2, 0.25) is 0 Å². The molecule has 1 heterocycles. The van der Waals surface area contributed by atoms with Crippen LogP contribution in [0.3, 0.4) is 0 Å². The molecule has 6 heteroatoms. The van der Waals surface area contributed by atoms with Crippen LogP contribution < -0.4 is 15.8 Å². The minimum absolute atomic E-state index is 0.0644. The number of aryl methyl sites for hydroxylation is 1. The highest BCUT2D eigenvalue weighted by Gasteiger charge is 2.24. The van der Waals surface area contributed by atoms with Gasteiger partial charge in [-0.25, -0.2) is 4.98 Å². The van der Waals surface area contributed by atoms with Crippen LogP contribution in [0.15, 0.2) is 24.3 Å². The minimum Gasteiger partial charge on any atom is -0.497 e. The molecule has 5 nitrogen and oxygen atoms in total. The van der Waals surface area contributed by atoms with E-state index in [1.54, 1.807) is 18.4 Å². The maximum Gasteiger partial charge on any atom is 0.192 e. The molecular weight excluding hydrogens is 284 g/mol. The van der Waals surface area contributed by atoms with Crippen LogP contribution in [0.1, 0.15) is 28.5 Å². The number of guanidine groups is 1. The van der Waals surface area contributed by atoms with Crippen molar-refractivity contribution in [2.24, 2.45) is 5.73 Å². The average molecular weight is 302 g/mol. The van der Waals surface area contributed by atoms with E-state index in [1.165, 1.54) is 10.4 Å². The monoisotopic (exact) mass is 302 g/mol. The Balaban J connectivity index is 1.80. The highest BCUT2D eigenvalue weighted by atomic mass is 32.1. The van der Waals surface area contributed by atoms with Gasteiger partial charge in [-0.1, -0.05) is 12.1 Å². The second-order valence-corrected chi connectivity index (χ2v) is 6.23. The second-order valence-electron chi connectivity index (χ2n) is 5.14. The fraction of sp³-hybridized carbons (Fsp3) is 0.333. The van der Waals surface area contributed by atoms with Gasteiger partial charge in [0.05, 0.1) is 12.8 Å². The molecule has 1 atom stereocenters. The lowest BCUT2D eigenvalue weighted by molar-refractivity contribution is 0.413. The first kappa shape index (κ1) is 13.9. The van der Waals surface area contributed by atoms with E-state index in [2.05, 4.69) is 22.4 Å². The Hall–Kier alpha value is -2.08. The van der Waals surface area contributed by atoms with Gasteiger partial charge in [0.15, 0.2) is 11.1 Å². The third-order valence-corrected chi connectivity index (χ3v) is 4.78. The van der Waals surface area contributed by atoms with Crippen molar-refractivity contribution in [3.8, 4) is 5.75 Å². The second kappa shape index (κ2) is 5.73. The van der Waals surface area contributed by atoms with Crippen LogP contribution in [0.4, 0.5) is 5.13 Å². The lowest BCUT2D eigenvalue weighted by Gasteiger charge is -2.21. The van der Waals surface area contributed by atoms with Gasteiger partial charge in [-0.3, -0.25) is 5.41 Å². The predicted octanol–water partition coefficient (Wildman–Crippen LogP) is 2.73. The summed E-state index contributed by atoms with van der Waals surface area (Å²) in [4.78, 5) is 5.80. The van der Waals surface area contributed by atoms with Crippen LogP contribution in [-0.2, 0) is 12.8 Å². The highest BCUT2D eigenvalue weighted by molar-refractivity contribution is 7.15. The van der Waals surface area contributed by atoms with E-state index in [9.17, 15) is 0 Å². The first-order chi connectivity index (χ1) is 10.2. The molecule has 1 aromatic heterocycles. The van der Waals surface area contributed by atoms with Crippen molar-refractivity contribution < 1.29 is 4.74 Å². The molecule has 0 saturated carbocycles. The predicted molar refractivity (Wildman–Crippen MR) is 85.4 cm³/mol. The lowest BCUT2D eigenvalue weighted by Crippen LogP contribution is -2.20. The highest BCUT2D eigenvalue weighted by Crippen LogP contribution is 2.37. The number of nitrogens with one attached hydrogen (secondary N) is 2. The number of aromatic nitrogens is 1. The van der Waals surface area contributed by atoms with Gasteiger partial charge in [0, 0.05) is 4.88 Å². The molecule has 0 saturated heterocycles. The smallest absolute Gasteiger partial charge is 0.192 e. The van der Waals surface area contributed by atoms with E-state index in [0.717, 1.165) is 35.8 Å². The molecule has 21 heavy (non-hydrogen) atoms. The normalized spacial score (nSPS) is 17.1. The van der Waals surface area contributed by atoms with Gasteiger partial charge in [-0.15, -0.1) is 11.3 Å². The Labute approximate surface area is 127 Å². The summed E-state index contributed by atoms with van der Waals surface area (Å²) >= 11 is 1.60. The van der Waals surface area contributed by atoms with Gasteiger partial charge in [0.2, 0.25) is 0 Å². The Morgan fingerprint density at radius 3 is 3.14 bits per heavy atom. The quantitative estimate of drug-likeness (QED) is 0.601. The molecule has 0 fully saturated rings. The van der Waals surface area contributed by atoms with Gasteiger partial charge in [0.25, 0.3) is 0 Å². The van der Waals surface area contributed by atoms with Crippen molar-refractivity contribution in [3.05, 3.63) is 40.4 Å². The number of thiazole rings is 1. The molecule has 0 amide bonds. The summed E-state index contributed by atoms with van der Waals surface area (Å²) in [5.41, 5.74) is 7.81. The summed E-state index contributed by atoms with van der Waals surface area (Å²) in [6, 6.07) is 8.29. The van der Waals surface area contributed by atoms with Crippen LogP contribution in [0.25, 0.3) is 0 Å². The molecule has 0 spiro atoms. The van der Waals surface area contributed by atoms with Crippen LogP contribution in [-0.4, -0.2) is 18.1 Å². The summed E-state index contributed by atoms with van der Waals surface area (Å²) in [5, 5.41) is 10.8. The summed E-state index contributed by atoms with van der Waals surface area (Å²) < 4.78 is 5.31. The number of nitrogens with zero attached hydrogens (tertiary/aromatic N) is 1. The summed E-state index contributed by atoms with van der Waals surface area (Å²) in [7, 11) is 1.70. The fourth-order valence-corrected chi connectivity index (χ4v) is 3.82. The number of benzene rings is 1. The van der Waals surface area contributed by atoms with Crippen LogP contribution in [0, 0.1) is 5.41 Å². The number of methoxy groups -OCH3 is 1. The van der Waals surface area contributed by atoms with Gasteiger partial charge in [-0.05, 0) is 42.9 Å². The van der Waals surface area contributed by atoms with E-state index in [0.29, 0.717) is 5.92 Å². The molecular formula is C15H18N4OS. The third-order valence-electron chi connectivity index (χ3n) is 3.75. The van der Waals surface area contributed by atoms with Crippen LogP contribution >= 0.6 is 11.3 Å². The molecule has 1 aliphatic carbocycles. The Morgan fingerprint density at radius 1 is 1.52 bits per heavy atom. The number of hydrogen-bond donors (Lipinski definition) is 3. The molecule has 4 N–H and O–H groups in total. The molecule has 110 valence electrons. The van der Waals surface area contributed by atoms with Gasteiger partial charge in [0.1, 0.15) is 5.75 Å². The van der Waals surface area contributed by atoms with E-state index in [1.807, 2.05) is 12.1 Å². The number of nitrogens with two attached hydrogens (primary N) is 1. The fourth-order valence-electron chi connectivity index (χ4n) is 2.72.